The zero-order valence-electron chi connectivity index (χ0n) is 39.9. The van der Waals surface area contributed by atoms with Gasteiger partial charge in [-0.25, -0.2) is 24.2 Å². The number of rotatable bonds is 9. The molecule has 0 fully saturated rings. The lowest BCUT2D eigenvalue weighted by molar-refractivity contribution is 0.0682. The van der Waals surface area contributed by atoms with Crippen molar-refractivity contribution >= 4 is 96.2 Å². The average molecular weight is 1030 g/mol. The number of nitrogens with zero attached hydrogens (tertiary/aromatic N) is 3. The Balaban J connectivity index is 0.000000155. The number of anilines is 1. The molecule has 0 spiro atoms. The van der Waals surface area contributed by atoms with Gasteiger partial charge >= 0.3 is 23.9 Å². The summed E-state index contributed by atoms with van der Waals surface area (Å²) in [6, 6.07) is 40.9. The van der Waals surface area contributed by atoms with Crippen molar-refractivity contribution < 1.29 is 60.0 Å². The van der Waals surface area contributed by atoms with Crippen molar-refractivity contribution in [1.82, 2.24) is 0 Å². The summed E-state index contributed by atoms with van der Waals surface area (Å²) in [5.41, 5.74) is 12.0. The average Bonchev–Trinajstić information content (AvgIpc) is 3.36. The summed E-state index contributed by atoms with van der Waals surface area (Å²) in [6.07, 6.45) is -0.0815. The van der Waals surface area contributed by atoms with Gasteiger partial charge in [-0.2, -0.15) is 4.99 Å². The Hall–Kier alpha value is -9.87. The summed E-state index contributed by atoms with van der Waals surface area (Å²) in [4.78, 5) is 56.5. The van der Waals surface area contributed by atoms with Gasteiger partial charge in [0.1, 0.15) is 50.9 Å². The molecule has 0 aromatic heterocycles. The Kier molecular flexibility index (Phi) is 14.2. The van der Waals surface area contributed by atoms with Crippen LogP contribution in [0.4, 0.5) is 5.69 Å². The first-order valence-corrected chi connectivity index (χ1v) is 23.2. The van der Waals surface area contributed by atoms with Crippen LogP contribution in [0.15, 0.2) is 156 Å². The van der Waals surface area contributed by atoms with Gasteiger partial charge in [-0.1, -0.05) is 109 Å². The van der Waals surface area contributed by atoms with Crippen molar-refractivity contribution in [3.05, 3.63) is 195 Å². The Morgan fingerprint density at radius 3 is 1.03 bits per heavy atom. The van der Waals surface area contributed by atoms with Gasteiger partial charge in [0.15, 0.2) is 0 Å². The summed E-state index contributed by atoms with van der Waals surface area (Å²) in [5, 5.41) is 86.3. The molecular weight excluding hydrogens is 982 g/mol. The van der Waals surface area contributed by atoms with Crippen molar-refractivity contribution in [2.75, 3.05) is 4.90 Å². The molecule has 12 N–H and O–H groups in total. The highest BCUT2D eigenvalue weighted by Gasteiger charge is 2.33. The van der Waals surface area contributed by atoms with Crippen LogP contribution in [-0.4, -0.2) is 82.3 Å². The third-order valence-electron chi connectivity index (χ3n) is 12.6. The van der Waals surface area contributed by atoms with Crippen molar-refractivity contribution in [2.45, 2.75) is 32.4 Å². The number of carboxylic acid groups (broad SMARTS) is 4. The van der Waals surface area contributed by atoms with E-state index in [4.69, 9.17) is 23.1 Å². The summed E-state index contributed by atoms with van der Waals surface area (Å²) >= 11 is 5.85. The van der Waals surface area contributed by atoms with Crippen LogP contribution in [0, 0.1) is 0 Å². The zero-order valence-corrected chi connectivity index (χ0v) is 40.6. The van der Waals surface area contributed by atoms with Gasteiger partial charge in [0, 0.05) is 45.8 Å². The maximum atomic E-state index is 11.6. The van der Waals surface area contributed by atoms with E-state index in [0.717, 1.165) is 5.69 Å². The van der Waals surface area contributed by atoms with Gasteiger partial charge in [-0.15, -0.1) is 0 Å². The topological polar surface area (TPSA) is 310 Å². The van der Waals surface area contributed by atoms with E-state index in [1.54, 1.807) is 114 Å². The molecular formula is C57H46ClN5O12. The Labute approximate surface area is 431 Å². The molecule has 0 atom stereocenters. The molecule has 1 aliphatic heterocycles. The number of halogens is 1. The van der Waals surface area contributed by atoms with Crippen molar-refractivity contribution in [1.29, 1.82) is 0 Å². The van der Waals surface area contributed by atoms with Crippen LogP contribution in [0.1, 0.15) is 77.5 Å². The van der Waals surface area contributed by atoms with E-state index < -0.39 is 52.5 Å². The molecule has 17 nitrogen and oxygen atoms in total. The van der Waals surface area contributed by atoms with Gasteiger partial charge in [0.2, 0.25) is 11.9 Å². The van der Waals surface area contributed by atoms with Gasteiger partial charge in [0.05, 0.1) is 0 Å². The van der Waals surface area contributed by atoms with E-state index in [0.29, 0.717) is 76.3 Å². The minimum atomic E-state index is -1.28. The lowest BCUT2D eigenvalue weighted by atomic mass is 9.90. The molecule has 0 radical (unpaired) electrons. The van der Waals surface area contributed by atoms with E-state index >= 15 is 0 Å². The number of fused-ring (bicyclic) bond motifs is 4. The second-order valence-corrected chi connectivity index (χ2v) is 18.1. The quantitative estimate of drug-likeness (QED) is 0.0643. The lowest BCUT2D eigenvalue weighted by Crippen LogP contribution is -2.54. The fourth-order valence-electron chi connectivity index (χ4n) is 9.21. The van der Waals surface area contributed by atoms with Crippen molar-refractivity contribution in [2.24, 2.45) is 21.5 Å². The molecule has 1 aliphatic rings. The first-order chi connectivity index (χ1) is 35.7. The molecule has 9 aromatic carbocycles. The van der Waals surface area contributed by atoms with Crippen LogP contribution in [0.25, 0.3) is 43.1 Å². The predicted molar refractivity (Wildman–Crippen MR) is 287 cm³/mol. The first kappa shape index (κ1) is 51.5. The highest BCUT2D eigenvalue weighted by atomic mass is 35.5. The van der Waals surface area contributed by atoms with Gasteiger partial charge in [0.25, 0.3) is 0 Å². The number of phenols is 4. The second kappa shape index (κ2) is 20.7. The third kappa shape index (κ3) is 10.3. The van der Waals surface area contributed by atoms with Crippen molar-refractivity contribution in [3.8, 4) is 23.0 Å². The number of carbonyl (C=O) groups is 4. The van der Waals surface area contributed by atoms with Gasteiger partial charge < -0.3 is 52.3 Å². The van der Waals surface area contributed by atoms with E-state index in [1.807, 2.05) is 26.0 Å². The second-order valence-electron chi connectivity index (χ2n) is 17.7. The number of aromatic hydroxyl groups is 4. The summed E-state index contributed by atoms with van der Waals surface area (Å²) in [7, 11) is 0. The minimum absolute atomic E-state index is 0.0407. The van der Waals surface area contributed by atoms with E-state index in [1.165, 1.54) is 24.3 Å². The molecule has 75 heavy (non-hydrogen) atoms. The van der Waals surface area contributed by atoms with Gasteiger partial charge in [-0.3, -0.25) is 4.90 Å². The summed E-state index contributed by atoms with van der Waals surface area (Å²) in [6.45, 7) is 3.83. The van der Waals surface area contributed by atoms with Crippen LogP contribution in [0.3, 0.4) is 0 Å². The number of nitrogens with two attached hydrogens (primary N) is 2. The number of guanidine groups is 2. The largest absolute Gasteiger partial charge is 0.507 e. The number of aliphatic imine (C=N–C) groups is 2. The molecule has 18 heteroatoms. The van der Waals surface area contributed by atoms with Gasteiger partial charge in [-0.05, 0) is 105 Å². The molecule has 0 unspecified atom stereocenters. The van der Waals surface area contributed by atoms with E-state index in [9.17, 15) is 60.0 Å². The molecule has 0 aliphatic carbocycles. The Morgan fingerprint density at radius 2 is 0.760 bits per heavy atom. The van der Waals surface area contributed by atoms with Crippen LogP contribution >= 0.6 is 11.6 Å². The zero-order chi connectivity index (χ0) is 54.0. The van der Waals surface area contributed by atoms with Crippen LogP contribution in [0.5, 0.6) is 23.0 Å². The maximum absolute atomic E-state index is 11.6. The Bertz CT molecular complexity index is 3470. The van der Waals surface area contributed by atoms with Crippen LogP contribution in [-0.2, 0) is 12.8 Å². The standard InChI is InChI=1S/2C23H16O6.C11H14ClN5/c2*24-20-16(14-7-3-1-5-12(14)9-18(20)22(26)27)11-17-15-8-4-2-6-13(15)10-19(21(17)25)23(28)29;1-11(2)16-9(13)15-10(14)17(11)8-5-3-7(12)4-6-8/h2*1-10,24-25H,11H2,(H,26,27)(H,28,29);3-6H,1-2H3,(H4,13,14,15,16). The first-order valence-electron chi connectivity index (χ1n) is 22.8. The molecule has 378 valence electrons. The fraction of sp³-hybridized carbons (Fsp3) is 0.0877. The SMILES string of the molecule is CC1(C)N=C(N)N=C(N)N1c1ccc(Cl)cc1.O=C(O)c1cc2ccccc2c(Cc2c(O)c(C(=O)O)cc3ccccc23)c1O.O=C(O)c1cc2ccccc2c(Cc2c(O)c(C(=O)O)cc3ccccc23)c1O. The highest BCUT2D eigenvalue weighted by molar-refractivity contribution is 6.30. The number of carboxylic acids is 4. The number of hydrogen-bond donors (Lipinski definition) is 10. The predicted octanol–water partition coefficient (Wildman–Crippen LogP) is 10.3. The summed E-state index contributed by atoms with van der Waals surface area (Å²) < 4.78 is 0. The molecule has 1 heterocycles. The molecule has 0 saturated carbocycles. The number of aromatic carboxylic acids is 4. The normalized spacial score (nSPS) is 12.8. The highest BCUT2D eigenvalue weighted by Crippen LogP contribution is 2.41. The van der Waals surface area contributed by atoms with Crippen LogP contribution in [0.2, 0.25) is 5.02 Å². The smallest absolute Gasteiger partial charge is 0.339 e. The van der Waals surface area contributed by atoms with Crippen molar-refractivity contribution in [3.63, 3.8) is 0 Å². The molecule has 10 rings (SSSR count). The molecule has 9 aromatic rings. The molecule has 0 saturated heterocycles. The maximum Gasteiger partial charge on any atom is 0.339 e. The Morgan fingerprint density at radius 1 is 0.480 bits per heavy atom. The van der Waals surface area contributed by atoms with E-state index in [-0.39, 0.29) is 41.1 Å². The third-order valence-corrected chi connectivity index (χ3v) is 12.9. The number of hydrogen-bond acceptors (Lipinski definition) is 13. The minimum Gasteiger partial charge on any atom is -0.507 e. The summed E-state index contributed by atoms with van der Waals surface area (Å²) in [5.74, 6) is -6.19. The lowest BCUT2D eigenvalue weighted by Gasteiger charge is -2.38. The molecule has 0 bridgehead atoms. The fourth-order valence-corrected chi connectivity index (χ4v) is 9.34. The van der Waals surface area contributed by atoms with Crippen LogP contribution < -0.4 is 16.4 Å². The number of benzene rings is 9. The molecule has 0 amide bonds. The van der Waals surface area contributed by atoms with E-state index in [2.05, 4.69) is 9.98 Å². The monoisotopic (exact) mass is 1030 g/mol.